The van der Waals surface area contributed by atoms with Crippen molar-refractivity contribution in [3.63, 3.8) is 0 Å². The first-order valence-corrected chi connectivity index (χ1v) is 6.08. The van der Waals surface area contributed by atoms with E-state index in [0.717, 1.165) is 0 Å². The van der Waals surface area contributed by atoms with Gasteiger partial charge in [-0.15, -0.1) is 11.6 Å². The lowest BCUT2D eigenvalue weighted by Crippen LogP contribution is -2.17. The van der Waals surface area contributed by atoms with Crippen LogP contribution in [0.5, 0.6) is 0 Å². The Morgan fingerprint density at radius 1 is 1.07 bits per heavy atom. The summed E-state index contributed by atoms with van der Waals surface area (Å²) >= 11 is 6.43. The molecule has 0 aliphatic heterocycles. The van der Waals surface area contributed by atoms with Gasteiger partial charge in [-0.1, -0.05) is 44.5 Å². The standard InChI is InChI=1S/C14H21Cl/c1-9(2)14(15)12(5)13-8-10(3)6-7-11(13)4/h6-9,12,14H,1-5H3. The van der Waals surface area contributed by atoms with Crippen LogP contribution in [0.1, 0.15) is 43.4 Å². The number of hydrogen-bond acceptors (Lipinski definition) is 0. The topological polar surface area (TPSA) is 0 Å². The van der Waals surface area contributed by atoms with E-state index in [9.17, 15) is 0 Å². The average Bonchev–Trinajstić information content (AvgIpc) is 2.19. The van der Waals surface area contributed by atoms with E-state index in [1.165, 1.54) is 16.7 Å². The Hall–Kier alpha value is -0.490. The van der Waals surface area contributed by atoms with Gasteiger partial charge in [0.05, 0.1) is 0 Å². The molecule has 1 heteroatoms. The van der Waals surface area contributed by atoms with Gasteiger partial charge in [0, 0.05) is 5.38 Å². The monoisotopic (exact) mass is 224 g/mol. The first kappa shape index (κ1) is 12.6. The van der Waals surface area contributed by atoms with Gasteiger partial charge in [-0.2, -0.15) is 0 Å². The second-order valence-corrected chi connectivity index (χ2v) is 5.34. The quantitative estimate of drug-likeness (QED) is 0.655. The minimum absolute atomic E-state index is 0.213. The van der Waals surface area contributed by atoms with E-state index in [0.29, 0.717) is 11.8 Å². The highest BCUT2D eigenvalue weighted by Crippen LogP contribution is 2.30. The molecule has 0 heterocycles. The van der Waals surface area contributed by atoms with E-state index in [1.54, 1.807) is 0 Å². The van der Waals surface area contributed by atoms with Gasteiger partial charge in [-0.3, -0.25) is 0 Å². The maximum atomic E-state index is 6.43. The Bertz CT molecular complexity index is 328. The molecule has 1 rings (SSSR count). The first-order valence-electron chi connectivity index (χ1n) is 5.64. The molecule has 0 aromatic heterocycles. The van der Waals surface area contributed by atoms with Gasteiger partial charge < -0.3 is 0 Å². The molecule has 0 amide bonds. The molecule has 0 aliphatic rings. The predicted octanol–water partition coefficient (Wildman–Crippen LogP) is 4.67. The van der Waals surface area contributed by atoms with Crippen LogP contribution in [0.2, 0.25) is 0 Å². The molecule has 1 aromatic carbocycles. The van der Waals surface area contributed by atoms with E-state index < -0.39 is 0 Å². The molecule has 1 aromatic rings. The van der Waals surface area contributed by atoms with E-state index in [4.69, 9.17) is 11.6 Å². The Morgan fingerprint density at radius 3 is 2.20 bits per heavy atom. The molecule has 0 bridgehead atoms. The summed E-state index contributed by atoms with van der Waals surface area (Å²) in [5, 5.41) is 0.213. The fraction of sp³-hybridized carbons (Fsp3) is 0.571. The number of aryl methyl sites for hydroxylation is 2. The molecule has 0 radical (unpaired) electrons. The van der Waals surface area contributed by atoms with Crippen LogP contribution in [0, 0.1) is 19.8 Å². The van der Waals surface area contributed by atoms with E-state index in [-0.39, 0.29) is 5.38 Å². The minimum Gasteiger partial charge on any atom is -0.122 e. The summed E-state index contributed by atoms with van der Waals surface area (Å²) in [5.41, 5.74) is 4.05. The third kappa shape index (κ3) is 2.98. The third-order valence-corrected chi connectivity index (χ3v) is 3.92. The highest BCUT2D eigenvalue weighted by Gasteiger charge is 2.20. The fourth-order valence-electron chi connectivity index (χ4n) is 2.00. The second-order valence-electron chi connectivity index (χ2n) is 4.84. The van der Waals surface area contributed by atoms with Crippen LogP contribution in [0.25, 0.3) is 0 Å². The zero-order valence-corrected chi connectivity index (χ0v) is 11.1. The van der Waals surface area contributed by atoms with Gasteiger partial charge in [0.15, 0.2) is 0 Å². The maximum Gasteiger partial charge on any atom is 0.0424 e. The predicted molar refractivity (Wildman–Crippen MR) is 68.8 cm³/mol. The van der Waals surface area contributed by atoms with Crippen molar-refractivity contribution in [1.29, 1.82) is 0 Å². The SMILES string of the molecule is Cc1ccc(C)c(C(C)C(Cl)C(C)C)c1. The highest BCUT2D eigenvalue weighted by atomic mass is 35.5. The Balaban J connectivity index is 2.99. The maximum absolute atomic E-state index is 6.43. The second kappa shape index (κ2) is 5.03. The summed E-state index contributed by atoms with van der Waals surface area (Å²) < 4.78 is 0. The molecule has 15 heavy (non-hydrogen) atoms. The third-order valence-electron chi connectivity index (χ3n) is 3.04. The lowest BCUT2D eigenvalue weighted by molar-refractivity contribution is 0.532. The molecular formula is C14H21Cl. The van der Waals surface area contributed by atoms with Crippen molar-refractivity contribution in [2.45, 2.75) is 45.9 Å². The number of alkyl halides is 1. The molecule has 84 valence electrons. The summed E-state index contributed by atoms with van der Waals surface area (Å²) in [6, 6.07) is 6.60. The van der Waals surface area contributed by atoms with Crippen molar-refractivity contribution >= 4 is 11.6 Å². The molecule has 0 saturated heterocycles. The summed E-state index contributed by atoms with van der Waals surface area (Å²) in [4.78, 5) is 0. The van der Waals surface area contributed by atoms with Crippen LogP contribution >= 0.6 is 11.6 Å². The lowest BCUT2D eigenvalue weighted by atomic mass is 9.88. The van der Waals surface area contributed by atoms with Gasteiger partial charge in [-0.05, 0) is 36.8 Å². The van der Waals surface area contributed by atoms with Gasteiger partial charge in [-0.25, -0.2) is 0 Å². The Labute approximate surface area is 98.7 Å². The van der Waals surface area contributed by atoms with Crippen molar-refractivity contribution in [2.75, 3.05) is 0 Å². The van der Waals surface area contributed by atoms with Crippen LogP contribution in [-0.4, -0.2) is 5.38 Å². The largest absolute Gasteiger partial charge is 0.122 e. The Kier molecular flexibility index (Phi) is 4.21. The zero-order valence-electron chi connectivity index (χ0n) is 10.3. The van der Waals surface area contributed by atoms with Crippen molar-refractivity contribution in [3.8, 4) is 0 Å². The minimum atomic E-state index is 0.213. The molecule has 0 nitrogen and oxygen atoms in total. The van der Waals surface area contributed by atoms with Gasteiger partial charge in [0.2, 0.25) is 0 Å². The average molecular weight is 225 g/mol. The van der Waals surface area contributed by atoms with Gasteiger partial charge in [0.25, 0.3) is 0 Å². The number of halogens is 1. The van der Waals surface area contributed by atoms with Crippen molar-refractivity contribution in [2.24, 2.45) is 5.92 Å². The van der Waals surface area contributed by atoms with Crippen LogP contribution in [0.15, 0.2) is 18.2 Å². The number of hydrogen-bond donors (Lipinski definition) is 0. The van der Waals surface area contributed by atoms with Crippen LogP contribution in [0.4, 0.5) is 0 Å². The number of benzene rings is 1. The van der Waals surface area contributed by atoms with E-state index >= 15 is 0 Å². The zero-order chi connectivity index (χ0) is 11.6. The molecule has 0 fully saturated rings. The molecule has 0 saturated carbocycles. The van der Waals surface area contributed by atoms with Crippen molar-refractivity contribution < 1.29 is 0 Å². The highest BCUT2D eigenvalue weighted by molar-refractivity contribution is 6.21. The molecule has 0 spiro atoms. The van der Waals surface area contributed by atoms with Crippen LogP contribution in [-0.2, 0) is 0 Å². The van der Waals surface area contributed by atoms with E-state index in [1.807, 2.05) is 0 Å². The molecule has 0 aliphatic carbocycles. The van der Waals surface area contributed by atoms with Crippen molar-refractivity contribution in [1.82, 2.24) is 0 Å². The summed E-state index contributed by atoms with van der Waals surface area (Å²) in [7, 11) is 0. The van der Waals surface area contributed by atoms with Gasteiger partial charge >= 0.3 is 0 Å². The van der Waals surface area contributed by atoms with Crippen LogP contribution < -0.4 is 0 Å². The molecule has 2 atom stereocenters. The lowest BCUT2D eigenvalue weighted by Gasteiger charge is -2.23. The van der Waals surface area contributed by atoms with Crippen molar-refractivity contribution in [3.05, 3.63) is 34.9 Å². The molecular weight excluding hydrogens is 204 g/mol. The molecule has 2 unspecified atom stereocenters. The first-order chi connectivity index (χ1) is 6.93. The van der Waals surface area contributed by atoms with Gasteiger partial charge in [0.1, 0.15) is 0 Å². The summed E-state index contributed by atoms with van der Waals surface area (Å²) in [5.74, 6) is 0.938. The smallest absolute Gasteiger partial charge is 0.0424 e. The fourth-order valence-corrected chi connectivity index (χ4v) is 2.14. The van der Waals surface area contributed by atoms with E-state index in [2.05, 4.69) is 52.8 Å². The molecule has 0 N–H and O–H groups in total. The van der Waals surface area contributed by atoms with Crippen LogP contribution in [0.3, 0.4) is 0 Å². The summed E-state index contributed by atoms with van der Waals surface area (Å²) in [6.07, 6.45) is 0. The number of rotatable bonds is 3. The normalized spacial score (nSPS) is 15.4. The summed E-state index contributed by atoms with van der Waals surface area (Å²) in [6.45, 7) is 10.9. The Morgan fingerprint density at radius 2 is 1.67 bits per heavy atom.